The topological polar surface area (TPSA) is 38.5 Å². The van der Waals surface area contributed by atoms with Crippen LogP contribution in [0, 0.1) is 4.77 Å². The van der Waals surface area contributed by atoms with E-state index in [1.807, 2.05) is 11.7 Å². The van der Waals surface area contributed by atoms with Crippen molar-refractivity contribution < 1.29 is 0 Å². The maximum atomic E-state index is 5.53. The third-order valence-corrected chi connectivity index (χ3v) is 4.15. The molecule has 0 aliphatic heterocycles. The van der Waals surface area contributed by atoms with E-state index >= 15 is 0 Å². The molecule has 1 aromatic carbocycles. The molecule has 1 N–H and O–H groups in total. The lowest BCUT2D eigenvalue weighted by Crippen LogP contribution is -2.02. The van der Waals surface area contributed by atoms with Gasteiger partial charge in [-0.1, -0.05) is 32.9 Å². The predicted molar refractivity (Wildman–Crippen MR) is 88.7 cm³/mol. The minimum Gasteiger partial charge on any atom is -0.327 e. The van der Waals surface area contributed by atoms with Crippen LogP contribution in [0.2, 0.25) is 0 Å². The van der Waals surface area contributed by atoms with Gasteiger partial charge in [-0.15, -0.1) is 0 Å². The Labute approximate surface area is 129 Å². The first-order chi connectivity index (χ1) is 10.0. The minimum absolute atomic E-state index is 0.492. The Morgan fingerprint density at radius 3 is 2.76 bits per heavy atom. The molecule has 4 nitrogen and oxygen atoms in total. The van der Waals surface area contributed by atoms with Crippen LogP contribution in [0.5, 0.6) is 0 Å². The van der Waals surface area contributed by atoms with Gasteiger partial charge >= 0.3 is 0 Å². The highest BCUT2D eigenvalue weighted by Crippen LogP contribution is 2.24. The molecule has 0 spiro atoms. The maximum Gasteiger partial charge on any atom is 0.184 e. The fourth-order valence-electron chi connectivity index (χ4n) is 2.72. The molecule has 0 fully saturated rings. The molecule has 21 heavy (non-hydrogen) atoms. The highest BCUT2D eigenvalue weighted by molar-refractivity contribution is 7.71. The molecule has 2 aromatic heterocycles. The first-order valence-electron chi connectivity index (χ1n) is 7.29. The summed E-state index contributed by atoms with van der Waals surface area (Å²) in [5, 5.41) is 4.57. The molecule has 2 heterocycles. The molecule has 0 aliphatic rings. The third kappa shape index (κ3) is 2.21. The lowest BCUT2D eigenvalue weighted by atomic mass is 10.0. The van der Waals surface area contributed by atoms with Crippen LogP contribution in [0.3, 0.4) is 0 Å². The smallest absolute Gasteiger partial charge is 0.184 e. The Morgan fingerprint density at radius 1 is 1.33 bits per heavy atom. The number of hydrogen-bond acceptors (Lipinski definition) is 2. The zero-order valence-corrected chi connectivity index (χ0v) is 13.7. The van der Waals surface area contributed by atoms with Crippen LogP contribution < -0.4 is 0 Å². The standard InChI is InChI=1S/C16H20N4S/c1-5-13-14-15(19(4)18-13)20(16(21)17-14)12-8-6-7-11(9-12)10(2)3/h6-10H,5H2,1-4H3,(H,17,21). The van der Waals surface area contributed by atoms with Crippen LogP contribution >= 0.6 is 12.2 Å². The normalized spacial score (nSPS) is 11.7. The molecule has 110 valence electrons. The third-order valence-electron chi connectivity index (χ3n) is 3.87. The van der Waals surface area contributed by atoms with Gasteiger partial charge in [-0.05, 0) is 42.3 Å². The van der Waals surface area contributed by atoms with E-state index in [-0.39, 0.29) is 0 Å². The second-order valence-electron chi connectivity index (χ2n) is 5.64. The van der Waals surface area contributed by atoms with Crippen molar-refractivity contribution in [2.75, 3.05) is 0 Å². The van der Waals surface area contributed by atoms with Crippen molar-refractivity contribution in [3.8, 4) is 5.69 Å². The maximum absolute atomic E-state index is 5.53. The summed E-state index contributed by atoms with van der Waals surface area (Å²) in [5.41, 5.74) is 5.51. The summed E-state index contributed by atoms with van der Waals surface area (Å²) in [6.07, 6.45) is 0.888. The van der Waals surface area contributed by atoms with Gasteiger partial charge in [-0.3, -0.25) is 4.57 Å². The molecule has 0 atom stereocenters. The van der Waals surface area contributed by atoms with Crippen LogP contribution in [0.4, 0.5) is 0 Å². The monoisotopic (exact) mass is 300 g/mol. The second kappa shape index (κ2) is 5.15. The number of nitrogens with zero attached hydrogens (tertiary/aromatic N) is 3. The predicted octanol–water partition coefficient (Wildman–Crippen LogP) is 4.11. The van der Waals surface area contributed by atoms with E-state index in [4.69, 9.17) is 12.2 Å². The highest BCUT2D eigenvalue weighted by atomic mass is 32.1. The van der Waals surface area contributed by atoms with Gasteiger partial charge in [-0.2, -0.15) is 5.10 Å². The molecule has 0 radical (unpaired) electrons. The number of aromatic nitrogens is 4. The van der Waals surface area contributed by atoms with Crippen molar-refractivity contribution in [3.63, 3.8) is 0 Å². The summed E-state index contributed by atoms with van der Waals surface area (Å²) < 4.78 is 4.69. The second-order valence-corrected chi connectivity index (χ2v) is 6.02. The van der Waals surface area contributed by atoms with Crippen molar-refractivity contribution >= 4 is 23.4 Å². The lowest BCUT2D eigenvalue weighted by Gasteiger charge is -2.09. The first kappa shape index (κ1) is 14.1. The largest absolute Gasteiger partial charge is 0.327 e. The van der Waals surface area contributed by atoms with Gasteiger partial charge in [0.05, 0.1) is 11.4 Å². The molecule has 3 rings (SSSR count). The van der Waals surface area contributed by atoms with E-state index in [1.54, 1.807) is 0 Å². The van der Waals surface area contributed by atoms with Gasteiger partial charge in [0.25, 0.3) is 0 Å². The Balaban J connectivity index is 2.30. The Morgan fingerprint density at radius 2 is 2.10 bits per heavy atom. The Hall–Kier alpha value is -1.88. The van der Waals surface area contributed by atoms with Gasteiger partial charge in [-0.25, -0.2) is 4.68 Å². The van der Waals surface area contributed by atoms with Crippen molar-refractivity contribution in [3.05, 3.63) is 40.3 Å². The molecule has 0 amide bonds. The van der Waals surface area contributed by atoms with E-state index < -0.39 is 0 Å². The number of aromatic amines is 1. The zero-order chi connectivity index (χ0) is 15.1. The van der Waals surface area contributed by atoms with Crippen LogP contribution in [0.15, 0.2) is 24.3 Å². The van der Waals surface area contributed by atoms with Crippen molar-refractivity contribution in [2.45, 2.75) is 33.1 Å². The van der Waals surface area contributed by atoms with E-state index in [0.29, 0.717) is 10.7 Å². The first-order valence-corrected chi connectivity index (χ1v) is 7.70. The van der Waals surface area contributed by atoms with E-state index in [1.165, 1.54) is 5.56 Å². The molecule has 0 unspecified atom stereocenters. The summed E-state index contributed by atoms with van der Waals surface area (Å²) in [4.78, 5) is 3.31. The van der Waals surface area contributed by atoms with Crippen molar-refractivity contribution in [1.82, 2.24) is 19.3 Å². The molecule has 3 aromatic rings. The summed E-state index contributed by atoms with van der Waals surface area (Å²) in [6.45, 7) is 6.50. The quantitative estimate of drug-likeness (QED) is 0.739. The molecule has 0 bridgehead atoms. The number of imidazole rings is 1. The molecular weight excluding hydrogens is 280 g/mol. The average Bonchev–Trinajstić information content (AvgIpc) is 2.95. The van der Waals surface area contributed by atoms with Crippen molar-refractivity contribution in [2.24, 2.45) is 7.05 Å². The van der Waals surface area contributed by atoms with Crippen LogP contribution in [-0.4, -0.2) is 19.3 Å². The molecule has 0 saturated carbocycles. The van der Waals surface area contributed by atoms with Gasteiger partial charge < -0.3 is 4.98 Å². The Kier molecular flexibility index (Phi) is 3.45. The number of H-pyrrole nitrogens is 1. The molecule has 0 aliphatic carbocycles. The van der Waals surface area contributed by atoms with Crippen LogP contribution in [0.25, 0.3) is 16.9 Å². The molecule has 0 saturated heterocycles. The van der Waals surface area contributed by atoms with Gasteiger partial charge in [0.1, 0.15) is 5.52 Å². The number of fused-ring (bicyclic) bond motifs is 1. The SMILES string of the molecule is CCc1nn(C)c2c1[nH]c(=S)n2-c1cccc(C(C)C)c1. The summed E-state index contributed by atoms with van der Waals surface area (Å²) >= 11 is 5.53. The van der Waals surface area contributed by atoms with Gasteiger partial charge in [0.15, 0.2) is 10.4 Å². The average molecular weight is 300 g/mol. The number of nitrogens with one attached hydrogen (secondary N) is 1. The van der Waals surface area contributed by atoms with E-state index in [0.717, 1.165) is 29.0 Å². The van der Waals surface area contributed by atoms with Gasteiger partial charge in [0, 0.05) is 7.05 Å². The highest BCUT2D eigenvalue weighted by Gasteiger charge is 2.15. The number of benzene rings is 1. The van der Waals surface area contributed by atoms with Crippen LogP contribution in [-0.2, 0) is 13.5 Å². The van der Waals surface area contributed by atoms with Crippen LogP contribution in [0.1, 0.15) is 37.9 Å². The van der Waals surface area contributed by atoms with Crippen molar-refractivity contribution in [1.29, 1.82) is 0 Å². The lowest BCUT2D eigenvalue weighted by molar-refractivity contribution is 0.748. The number of rotatable bonds is 3. The minimum atomic E-state index is 0.492. The van der Waals surface area contributed by atoms with Gasteiger partial charge in [0.2, 0.25) is 0 Å². The fourth-order valence-corrected chi connectivity index (χ4v) is 3.02. The van der Waals surface area contributed by atoms with E-state index in [2.05, 4.69) is 59.7 Å². The molecule has 5 heteroatoms. The van der Waals surface area contributed by atoms with E-state index in [9.17, 15) is 0 Å². The summed E-state index contributed by atoms with van der Waals surface area (Å²) in [6, 6.07) is 8.53. The Bertz CT molecular complexity index is 851. The number of aryl methyl sites for hydroxylation is 2. The number of hydrogen-bond donors (Lipinski definition) is 1. The summed E-state index contributed by atoms with van der Waals surface area (Å²) in [7, 11) is 1.97. The fraction of sp³-hybridized carbons (Fsp3) is 0.375. The summed E-state index contributed by atoms with van der Waals surface area (Å²) in [5.74, 6) is 0.492. The zero-order valence-electron chi connectivity index (χ0n) is 12.8. The molecular formula is C16H20N4S.